The van der Waals surface area contributed by atoms with Gasteiger partial charge in [0.2, 0.25) is 0 Å². The van der Waals surface area contributed by atoms with Gasteiger partial charge in [-0.15, -0.1) is 0 Å². The molecule has 0 spiro atoms. The Morgan fingerprint density at radius 1 is 1.30 bits per heavy atom. The van der Waals surface area contributed by atoms with Crippen LogP contribution in [0, 0.1) is 0 Å². The second-order valence-corrected chi connectivity index (χ2v) is 6.52. The fraction of sp³-hybridized carbons (Fsp3) is 0.562. The lowest BCUT2D eigenvalue weighted by atomic mass is 9.94. The first-order valence-electron chi connectivity index (χ1n) is 7.36. The molecule has 1 fully saturated rings. The zero-order valence-corrected chi connectivity index (χ0v) is 12.9. The van der Waals surface area contributed by atoms with Gasteiger partial charge in [-0.2, -0.15) is 11.8 Å². The number of hydrogen-bond donors (Lipinski definition) is 2. The van der Waals surface area contributed by atoms with E-state index in [-0.39, 0.29) is 5.91 Å². The van der Waals surface area contributed by atoms with Crippen molar-refractivity contribution in [3.63, 3.8) is 0 Å². The number of nitrogens with one attached hydrogen (secondary N) is 1. The van der Waals surface area contributed by atoms with Crippen molar-refractivity contribution in [1.29, 1.82) is 0 Å². The molecule has 0 saturated heterocycles. The molecule has 1 aromatic rings. The first-order chi connectivity index (χ1) is 9.74. The van der Waals surface area contributed by atoms with Crippen LogP contribution in [0.2, 0.25) is 0 Å². The minimum Gasteiger partial charge on any atom is -0.349 e. The molecule has 0 atom stereocenters. The number of amides is 1. The fourth-order valence-corrected chi connectivity index (χ4v) is 3.56. The smallest absolute Gasteiger partial charge is 0.251 e. The number of carbonyl (C=O) groups excluding carboxylic acids is 1. The Balaban J connectivity index is 1.95. The molecule has 4 heteroatoms. The van der Waals surface area contributed by atoms with Crippen molar-refractivity contribution in [3.05, 3.63) is 35.4 Å². The second kappa shape index (κ2) is 7.70. The molecule has 0 aromatic heterocycles. The van der Waals surface area contributed by atoms with E-state index < -0.39 is 0 Å². The van der Waals surface area contributed by atoms with Crippen LogP contribution in [-0.4, -0.2) is 30.0 Å². The molecule has 0 unspecified atom stereocenters. The van der Waals surface area contributed by atoms with E-state index in [4.69, 9.17) is 5.73 Å². The Morgan fingerprint density at radius 2 is 2.00 bits per heavy atom. The van der Waals surface area contributed by atoms with Crippen LogP contribution in [0.3, 0.4) is 0 Å². The maximum Gasteiger partial charge on any atom is 0.251 e. The van der Waals surface area contributed by atoms with Gasteiger partial charge in [-0.1, -0.05) is 18.2 Å². The summed E-state index contributed by atoms with van der Waals surface area (Å²) in [5, 5.41) is 3.96. The number of rotatable bonds is 5. The van der Waals surface area contributed by atoms with E-state index in [2.05, 4.69) is 11.6 Å². The summed E-state index contributed by atoms with van der Waals surface area (Å²) in [6, 6.07) is 8.10. The second-order valence-electron chi connectivity index (χ2n) is 5.38. The molecule has 0 bridgehead atoms. The largest absolute Gasteiger partial charge is 0.349 e. The third-order valence-corrected chi connectivity index (χ3v) is 5.16. The van der Waals surface area contributed by atoms with Crippen molar-refractivity contribution in [2.75, 3.05) is 12.8 Å². The maximum atomic E-state index is 12.4. The lowest BCUT2D eigenvalue weighted by molar-refractivity contribution is 0.0927. The third-order valence-electron chi connectivity index (χ3n) is 4.02. The van der Waals surface area contributed by atoms with Crippen LogP contribution in [0.1, 0.15) is 41.6 Å². The van der Waals surface area contributed by atoms with Crippen LogP contribution in [0.5, 0.6) is 0 Å². The zero-order chi connectivity index (χ0) is 14.4. The van der Waals surface area contributed by atoms with Crippen LogP contribution in [0.4, 0.5) is 0 Å². The molecule has 110 valence electrons. The molecule has 0 heterocycles. The fourth-order valence-electron chi connectivity index (χ4n) is 2.82. The van der Waals surface area contributed by atoms with Crippen LogP contribution in [0.25, 0.3) is 0 Å². The van der Waals surface area contributed by atoms with E-state index >= 15 is 0 Å². The Morgan fingerprint density at radius 3 is 2.65 bits per heavy atom. The van der Waals surface area contributed by atoms with Gasteiger partial charge >= 0.3 is 0 Å². The van der Waals surface area contributed by atoms with Gasteiger partial charge in [-0.3, -0.25) is 4.79 Å². The number of benzene rings is 1. The van der Waals surface area contributed by atoms with E-state index in [0.29, 0.717) is 12.6 Å². The summed E-state index contributed by atoms with van der Waals surface area (Å²) in [6.45, 7) is 0.573. The van der Waals surface area contributed by atoms with Crippen LogP contribution in [0.15, 0.2) is 24.3 Å². The van der Waals surface area contributed by atoms with Crippen LogP contribution >= 0.6 is 11.8 Å². The summed E-state index contributed by atoms with van der Waals surface area (Å²) in [6.07, 6.45) is 7.52. The summed E-state index contributed by atoms with van der Waals surface area (Å²) in [5.41, 5.74) is 7.44. The van der Waals surface area contributed by atoms with Crippen molar-refractivity contribution in [3.8, 4) is 0 Å². The quantitative estimate of drug-likeness (QED) is 0.877. The number of thioether (sulfide) groups is 1. The van der Waals surface area contributed by atoms with Gasteiger partial charge in [0, 0.05) is 16.9 Å². The summed E-state index contributed by atoms with van der Waals surface area (Å²) >= 11 is 1.95. The Kier molecular flexibility index (Phi) is 5.92. The molecule has 2 rings (SSSR count). The van der Waals surface area contributed by atoms with Crippen molar-refractivity contribution < 1.29 is 4.79 Å². The third kappa shape index (κ3) is 4.00. The summed E-state index contributed by atoms with van der Waals surface area (Å²) in [7, 11) is 0. The molecule has 1 aliphatic carbocycles. The minimum absolute atomic E-state index is 0.0571. The van der Waals surface area contributed by atoms with Gasteiger partial charge in [-0.25, -0.2) is 0 Å². The Bertz CT molecular complexity index is 442. The lowest BCUT2D eigenvalue weighted by Crippen LogP contribution is -2.38. The lowest BCUT2D eigenvalue weighted by Gasteiger charge is -2.28. The molecular formula is C16H24N2OS. The summed E-state index contributed by atoms with van der Waals surface area (Å²) in [4.78, 5) is 12.4. The highest BCUT2D eigenvalue weighted by Crippen LogP contribution is 2.27. The molecule has 0 radical (unpaired) electrons. The van der Waals surface area contributed by atoms with Gasteiger partial charge in [0.05, 0.1) is 0 Å². The van der Waals surface area contributed by atoms with E-state index in [1.54, 1.807) is 0 Å². The zero-order valence-electron chi connectivity index (χ0n) is 12.1. The van der Waals surface area contributed by atoms with Crippen LogP contribution < -0.4 is 11.1 Å². The topological polar surface area (TPSA) is 55.1 Å². The molecule has 1 aromatic carbocycles. The monoisotopic (exact) mass is 292 g/mol. The molecule has 1 saturated carbocycles. The first kappa shape index (κ1) is 15.4. The van der Waals surface area contributed by atoms with Gasteiger partial charge in [0.25, 0.3) is 5.91 Å². The molecule has 3 nitrogen and oxygen atoms in total. The van der Waals surface area contributed by atoms with Gasteiger partial charge < -0.3 is 11.1 Å². The van der Waals surface area contributed by atoms with Crippen molar-refractivity contribution in [1.82, 2.24) is 5.32 Å². The van der Waals surface area contributed by atoms with E-state index in [9.17, 15) is 4.79 Å². The van der Waals surface area contributed by atoms with E-state index in [1.165, 1.54) is 12.8 Å². The number of hydrogen-bond acceptors (Lipinski definition) is 3. The Labute approximate surface area is 125 Å². The summed E-state index contributed by atoms with van der Waals surface area (Å²) in [5.74, 6) is 0.0571. The standard InChI is InChI=1S/C16H24N2OS/c1-20-14-8-6-13(7-9-14)18-16(19)15-5-3-2-4-12(15)10-11-17/h2-5,13-14H,6-11,17H2,1H3,(H,18,19). The number of nitrogens with two attached hydrogens (primary N) is 1. The average Bonchev–Trinajstić information content (AvgIpc) is 2.49. The molecule has 20 heavy (non-hydrogen) atoms. The van der Waals surface area contributed by atoms with Gasteiger partial charge in [0.15, 0.2) is 0 Å². The average molecular weight is 292 g/mol. The summed E-state index contributed by atoms with van der Waals surface area (Å²) < 4.78 is 0. The SMILES string of the molecule is CSC1CCC(NC(=O)c2ccccc2CCN)CC1. The Hall–Kier alpha value is -1.00. The van der Waals surface area contributed by atoms with Gasteiger partial charge in [-0.05, 0) is 56.5 Å². The van der Waals surface area contributed by atoms with Crippen molar-refractivity contribution in [2.45, 2.75) is 43.4 Å². The van der Waals surface area contributed by atoms with Crippen molar-refractivity contribution in [2.24, 2.45) is 5.73 Å². The number of carbonyl (C=O) groups is 1. The van der Waals surface area contributed by atoms with Gasteiger partial charge in [0.1, 0.15) is 0 Å². The van der Waals surface area contributed by atoms with E-state index in [1.807, 2.05) is 36.0 Å². The highest BCUT2D eigenvalue weighted by atomic mass is 32.2. The maximum absolute atomic E-state index is 12.4. The molecule has 3 N–H and O–H groups in total. The highest BCUT2D eigenvalue weighted by molar-refractivity contribution is 7.99. The van der Waals surface area contributed by atoms with Crippen molar-refractivity contribution >= 4 is 17.7 Å². The minimum atomic E-state index is 0.0571. The van der Waals surface area contributed by atoms with Crippen LogP contribution in [-0.2, 0) is 6.42 Å². The predicted octanol–water partition coefficient (Wildman–Crippen LogP) is 2.59. The molecule has 0 aliphatic heterocycles. The molecule has 1 amide bonds. The van der Waals surface area contributed by atoms with E-state index in [0.717, 1.165) is 35.6 Å². The first-order valence-corrected chi connectivity index (χ1v) is 8.65. The molecule has 1 aliphatic rings. The normalized spacial score (nSPS) is 22.5. The predicted molar refractivity (Wildman–Crippen MR) is 86.2 cm³/mol. The molecular weight excluding hydrogens is 268 g/mol. The highest BCUT2D eigenvalue weighted by Gasteiger charge is 2.22.